The summed E-state index contributed by atoms with van der Waals surface area (Å²) in [6.45, 7) is -0.718. The highest BCUT2D eigenvalue weighted by molar-refractivity contribution is 5.82. The second-order valence-corrected chi connectivity index (χ2v) is 5.45. The second-order valence-electron chi connectivity index (χ2n) is 5.45. The van der Waals surface area contributed by atoms with Crippen LogP contribution in [0.2, 0.25) is 0 Å². The Labute approximate surface area is 123 Å². The minimum Gasteiger partial charge on any atom is -0.493 e. The fraction of sp³-hybridized carbons (Fsp3) is 0.562. The highest BCUT2D eigenvalue weighted by Crippen LogP contribution is 2.44. The summed E-state index contributed by atoms with van der Waals surface area (Å²) in [5.74, 6) is -0.0229. The largest absolute Gasteiger partial charge is 0.493 e. The molecule has 21 heavy (non-hydrogen) atoms. The van der Waals surface area contributed by atoms with Crippen molar-refractivity contribution in [3.63, 3.8) is 0 Å². The quantitative estimate of drug-likeness (QED) is 0.904. The number of aliphatic carboxylic acids is 1. The van der Waals surface area contributed by atoms with E-state index in [0.717, 1.165) is 19.3 Å². The van der Waals surface area contributed by atoms with Crippen LogP contribution in [0.15, 0.2) is 12.1 Å². The molecule has 0 radical (unpaired) electrons. The predicted octanol–water partition coefficient (Wildman–Crippen LogP) is 3.46. The lowest BCUT2D eigenvalue weighted by atomic mass is 9.68. The van der Waals surface area contributed by atoms with Gasteiger partial charge in [0.15, 0.2) is 11.5 Å². The van der Waals surface area contributed by atoms with Gasteiger partial charge in [-0.2, -0.15) is 0 Å². The lowest BCUT2D eigenvalue weighted by molar-refractivity contribution is -0.145. The van der Waals surface area contributed by atoms with E-state index in [1.807, 2.05) is 0 Å². The first-order chi connectivity index (χ1) is 10.1. The smallest absolute Gasteiger partial charge is 0.314 e. The van der Waals surface area contributed by atoms with Crippen LogP contribution in [0.3, 0.4) is 0 Å². The standard InChI is InChI=1S/C16H21FO4/c1-20-13-8-11(10-17)12(9-14(13)21-2)16(15(18)19)6-4-3-5-7-16/h8-9H,3-7,10H2,1-2H3,(H,18,19). The Bertz CT molecular complexity index is 521. The SMILES string of the molecule is COc1cc(CF)c(C2(C(=O)O)CCCCC2)cc1OC. The molecule has 0 bridgehead atoms. The number of carboxylic acids is 1. The monoisotopic (exact) mass is 296 g/mol. The molecule has 0 amide bonds. The van der Waals surface area contributed by atoms with Crippen molar-refractivity contribution >= 4 is 5.97 Å². The Morgan fingerprint density at radius 2 is 1.76 bits per heavy atom. The van der Waals surface area contributed by atoms with Gasteiger partial charge in [-0.3, -0.25) is 4.79 Å². The van der Waals surface area contributed by atoms with Gasteiger partial charge in [0.1, 0.15) is 6.67 Å². The normalized spacial score (nSPS) is 17.3. The molecule has 1 aliphatic carbocycles. The number of hydrogen-bond donors (Lipinski definition) is 1. The molecule has 0 spiro atoms. The predicted molar refractivity (Wildman–Crippen MR) is 76.8 cm³/mol. The van der Waals surface area contributed by atoms with Gasteiger partial charge in [-0.25, -0.2) is 4.39 Å². The summed E-state index contributed by atoms with van der Waals surface area (Å²) in [5, 5.41) is 9.76. The van der Waals surface area contributed by atoms with Gasteiger partial charge in [-0.15, -0.1) is 0 Å². The maximum absolute atomic E-state index is 13.4. The maximum atomic E-state index is 13.4. The molecule has 2 rings (SSSR count). The number of halogens is 1. The van der Waals surface area contributed by atoms with E-state index < -0.39 is 18.1 Å². The number of rotatable bonds is 5. The zero-order chi connectivity index (χ0) is 15.5. The van der Waals surface area contributed by atoms with E-state index in [1.54, 1.807) is 12.1 Å². The van der Waals surface area contributed by atoms with Crippen molar-refractivity contribution in [2.24, 2.45) is 0 Å². The molecule has 0 aliphatic heterocycles. The van der Waals surface area contributed by atoms with Crippen LogP contribution in [-0.2, 0) is 16.9 Å². The first-order valence-corrected chi connectivity index (χ1v) is 7.14. The van der Waals surface area contributed by atoms with Crippen LogP contribution in [0.4, 0.5) is 4.39 Å². The molecule has 1 aromatic carbocycles. The first-order valence-electron chi connectivity index (χ1n) is 7.14. The minimum atomic E-state index is -1.01. The number of alkyl halides is 1. The van der Waals surface area contributed by atoms with Crippen LogP contribution in [0.25, 0.3) is 0 Å². The van der Waals surface area contributed by atoms with E-state index >= 15 is 0 Å². The van der Waals surface area contributed by atoms with Crippen molar-refractivity contribution in [2.45, 2.75) is 44.2 Å². The molecule has 4 nitrogen and oxygen atoms in total. The van der Waals surface area contributed by atoms with Gasteiger partial charge in [0.2, 0.25) is 0 Å². The van der Waals surface area contributed by atoms with Crippen molar-refractivity contribution in [3.05, 3.63) is 23.3 Å². The number of carboxylic acid groups (broad SMARTS) is 1. The van der Waals surface area contributed by atoms with E-state index in [0.29, 0.717) is 35.5 Å². The fourth-order valence-corrected chi connectivity index (χ4v) is 3.23. The Balaban J connectivity index is 2.61. The number of benzene rings is 1. The van der Waals surface area contributed by atoms with Crippen molar-refractivity contribution in [3.8, 4) is 11.5 Å². The lowest BCUT2D eigenvalue weighted by Gasteiger charge is -2.35. The number of ether oxygens (including phenoxy) is 2. The molecule has 5 heteroatoms. The second kappa shape index (κ2) is 6.33. The van der Waals surface area contributed by atoms with Crippen LogP contribution in [0, 0.1) is 0 Å². The van der Waals surface area contributed by atoms with Crippen molar-refractivity contribution in [2.75, 3.05) is 14.2 Å². The molecule has 0 unspecified atom stereocenters. The van der Waals surface area contributed by atoms with Gasteiger partial charge in [-0.1, -0.05) is 19.3 Å². The Kier molecular flexibility index (Phi) is 4.70. The third kappa shape index (κ3) is 2.69. The van der Waals surface area contributed by atoms with Gasteiger partial charge in [0.05, 0.1) is 19.6 Å². The minimum absolute atomic E-state index is 0.372. The third-order valence-electron chi connectivity index (χ3n) is 4.39. The molecule has 1 saturated carbocycles. The van der Waals surface area contributed by atoms with Crippen LogP contribution in [0.1, 0.15) is 43.2 Å². The highest BCUT2D eigenvalue weighted by Gasteiger charge is 2.43. The van der Waals surface area contributed by atoms with Gasteiger partial charge in [0, 0.05) is 0 Å². The van der Waals surface area contributed by atoms with Crippen LogP contribution in [0.5, 0.6) is 11.5 Å². The van der Waals surface area contributed by atoms with Crippen molar-refractivity contribution in [1.29, 1.82) is 0 Å². The summed E-state index contributed by atoms with van der Waals surface area (Å²) in [6, 6.07) is 3.18. The Morgan fingerprint density at radius 3 is 2.24 bits per heavy atom. The van der Waals surface area contributed by atoms with Crippen LogP contribution < -0.4 is 9.47 Å². The molecule has 1 N–H and O–H groups in total. The van der Waals surface area contributed by atoms with E-state index in [2.05, 4.69) is 0 Å². The average Bonchev–Trinajstić information content (AvgIpc) is 2.53. The van der Waals surface area contributed by atoms with Crippen molar-refractivity contribution in [1.82, 2.24) is 0 Å². The molecule has 0 atom stereocenters. The highest BCUT2D eigenvalue weighted by atomic mass is 19.1. The van der Waals surface area contributed by atoms with Gasteiger partial charge in [0.25, 0.3) is 0 Å². The lowest BCUT2D eigenvalue weighted by Crippen LogP contribution is -2.38. The van der Waals surface area contributed by atoms with Crippen molar-refractivity contribution < 1.29 is 23.8 Å². The first kappa shape index (κ1) is 15.6. The molecule has 1 aliphatic rings. The number of carbonyl (C=O) groups is 1. The van der Waals surface area contributed by atoms with Crippen LogP contribution >= 0.6 is 0 Å². The van der Waals surface area contributed by atoms with Crippen LogP contribution in [-0.4, -0.2) is 25.3 Å². The molecule has 0 saturated heterocycles. The molecular formula is C16H21FO4. The van der Waals surface area contributed by atoms with Gasteiger partial charge >= 0.3 is 5.97 Å². The zero-order valence-electron chi connectivity index (χ0n) is 12.4. The molecule has 1 aromatic rings. The number of hydrogen-bond acceptors (Lipinski definition) is 3. The maximum Gasteiger partial charge on any atom is 0.314 e. The summed E-state index contributed by atoms with van der Waals surface area (Å²) in [5.41, 5.74) is -0.119. The number of methoxy groups -OCH3 is 2. The summed E-state index contributed by atoms with van der Waals surface area (Å²) < 4.78 is 23.9. The summed E-state index contributed by atoms with van der Waals surface area (Å²) >= 11 is 0. The summed E-state index contributed by atoms with van der Waals surface area (Å²) in [4.78, 5) is 11.9. The third-order valence-corrected chi connectivity index (χ3v) is 4.39. The summed E-state index contributed by atoms with van der Waals surface area (Å²) in [6.07, 6.45) is 3.77. The Morgan fingerprint density at radius 1 is 1.19 bits per heavy atom. The van der Waals surface area contributed by atoms with E-state index in [4.69, 9.17) is 9.47 Å². The Hall–Kier alpha value is -1.78. The molecule has 0 heterocycles. The van der Waals surface area contributed by atoms with E-state index in [-0.39, 0.29) is 0 Å². The molecule has 0 aromatic heterocycles. The van der Waals surface area contributed by atoms with E-state index in [9.17, 15) is 14.3 Å². The fourth-order valence-electron chi connectivity index (χ4n) is 3.23. The van der Waals surface area contributed by atoms with E-state index in [1.165, 1.54) is 14.2 Å². The topological polar surface area (TPSA) is 55.8 Å². The zero-order valence-corrected chi connectivity index (χ0v) is 12.4. The summed E-state index contributed by atoms with van der Waals surface area (Å²) in [7, 11) is 2.97. The average molecular weight is 296 g/mol. The van der Waals surface area contributed by atoms with Gasteiger partial charge in [-0.05, 0) is 36.1 Å². The molecular weight excluding hydrogens is 275 g/mol. The molecule has 1 fully saturated rings. The van der Waals surface area contributed by atoms with Gasteiger partial charge < -0.3 is 14.6 Å². The molecule has 116 valence electrons.